The molecule has 1 heterocycles. The summed E-state index contributed by atoms with van der Waals surface area (Å²) in [7, 11) is 1.57. The van der Waals surface area contributed by atoms with Crippen molar-refractivity contribution < 1.29 is 14.3 Å². The standard InChI is InChI=1S/C14H17BrN2O3/c1-3-11-14(19)17(13(18)7-16-11)8-9-6-10(15)4-5-12(9)20-2/h4-6,11,16H,3,7-8H2,1-2H3. The van der Waals surface area contributed by atoms with Gasteiger partial charge in [-0.25, -0.2) is 0 Å². The number of piperazine rings is 1. The molecule has 2 rings (SSSR count). The summed E-state index contributed by atoms with van der Waals surface area (Å²) in [6.45, 7) is 2.35. The Labute approximate surface area is 126 Å². The van der Waals surface area contributed by atoms with Gasteiger partial charge in [-0.3, -0.25) is 19.8 Å². The molecule has 1 aromatic rings. The number of methoxy groups -OCH3 is 1. The van der Waals surface area contributed by atoms with Gasteiger partial charge in [-0.15, -0.1) is 0 Å². The predicted molar refractivity (Wildman–Crippen MR) is 78.3 cm³/mol. The van der Waals surface area contributed by atoms with Crippen LogP contribution in [0.25, 0.3) is 0 Å². The molecule has 1 aliphatic heterocycles. The van der Waals surface area contributed by atoms with Crippen LogP contribution in [0.4, 0.5) is 0 Å². The third-order valence-corrected chi connectivity index (χ3v) is 3.84. The van der Waals surface area contributed by atoms with Crippen LogP contribution in [0.5, 0.6) is 5.75 Å². The molecule has 0 aromatic heterocycles. The second-order valence-electron chi connectivity index (χ2n) is 4.62. The summed E-state index contributed by atoms with van der Waals surface area (Å²) in [5.74, 6) is 0.285. The van der Waals surface area contributed by atoms with Gasteiger partial charge in [0.2, 0.25) is 11.8 Å². The Morgan fingerprint density at radius 3 is 2.85 bits per heavy atom. The molecule has 5 nitrogen and oxygen atoms in total. The molecule has 0 aliphatic carbocycles. The van der Waals surface area contributed by atoms with Gasteiger partial charge >= 0.3 is 0 Å². The van der Waals surface area contributed by atoms with E-state index in [0.717, 1.165) is 10.0 Å². The van der Waals surface area contributed by atoms with E-state index in [1.807, 2.05) is 25.1 Å². The monoisotopic (exact) mass is 340 g/mol. The van der Waals surface area contributed by atoms with Crippen molar-refractivity contribution >= 4 is 27.7 Å². The highest BCUT2D eigenvalue weighted by Gasteiger charge is 2.33. The average Bonchev–Trinajstić information content (AvgIpc) is 2.44. The van der Waals surface area contributed by atoms with Gasteiger partial charge in [0.05, 0.1) is 26.2 Å². The Bertz CT molecular complexity index is 533. The van der Waals surface area contributed by atoms with E-state index in [1.54, 1.807) is 7.11 Å². The van der Waals surface area contributed by atoms with Crippen LogP contribution in [0.2, 0.25) is 0 Å². The summed E-state index contributed by atoms with van der Waals surface area (Å²) in [6, 6.07) is 5.25. The molecular formula is C14H17BrN2O3. The van der Waals surface area contributed by atoms with Crippen LogP contribution in [0.1, 0.15) is 18.9 Å². The number of benzene rings is 1. The van der Waals surface area contributed by atoms with Gasteiger partial charge < -0.3 is 4.74 Å². The maximum absolute atomic E-state index is 12.2. The lowest BCUT2D eigenvalue weighted by Crippen LogP contribution is -2.57. The molecule has 0 bridgehead atoms. The fourth-order valence-corrected chi connectivity index (χ4v) is 2.64. The number of carbonyl (C=O) groups excluding carboxylic acids is 2. The Kier molecular flexibility index (Phi) is 4.77. The third-order valence-electron chi connectivity index (χ3n) is 3.34. The second kappa shape index (κ2) is 6.37. The molecular weight excluding hydrogens is 324 g/mol. The zero-order chi connectivity index (χ0) is 14.7. The Hall–Kier alpha value is -1.40. The van der Waals surface area contributed by atoms with Crippen LogP contribution in [-0.2, 0) is 16.1 Å². The largest absolute Gasteiger partial charge is 0.496 e. The molecule has 1 fully saturated rings. The fourth-order valence-electron chi connectivity index (χ4n) is 2.23. The Morgan fingerprint density at radius 2 is 2.20 bits per heavy atom. The van der Waals surface area contributed by atoms with Gasteiger partial charge in [-0.2, -0.15) is 0 Å². The smallest absolute Gasteiger partial charge is 0.246 e. The predicted octanol–water partition coefficient (Wildman–Crippen LogP) is 1.69. The van der Waals surface area contributed by atoms with Crippen molar-refractivity contribution in [1.29, 1.82) is 0 Å². The van der Waals surface area contributed by atoms with E-state index in [4.69, 9.17) is 4.74 Å². The number of hydrogen-bond donors (Lipinski definition) is 1. The van der Waals surface area contributed by atoms with Crippen molar-refractivity contribution in [2.45, 2.75) is 25.9 Å². The lowest BCUT2D eigenvalue weighted by Gasteiger charge is -2.31. The molecule has 1 saturated heterocycles. The molecule has 1 atom stereocenters. The van der Waals surface area contributed by atoms with E-state index in [9.17, 15) is 9.59 Å². The molecule has 20 heavy (non-hydrogen) atoms. The number of ether oxygens (including phenoxy) is 1. The van der Waals surface area contributed by atoms with Gasteiger partial charge in [-0.05, 0) is 24.6 Å². The molecule has 0 spiro atoms. The minimum Gasteiger partial charge on any atom is -0.496 e. The number of carbonyl (C=O) groups is 2. The molecule has 1 N–H and O–H groups in total. The van der Waals surface area contributed by atoms with Crippen molar-refractivity contribution in [2.24, 2.45) is 0 Å². The first-order valence-electron chi connectivity index (χ1n) is 6.46. The van der Waals surface area contributed by atoms with E-state index in [2.05, 4.69) is 21.2 Å². The number of rotatable bonds is 4. The molecule has 108 valence electrons. The fraction of sp³-hybridized carbons (Fsp3) is 0.429. The summed E-state index contributed by atoms with van der Waals surface area (Å²) < 4.78 is 6.16. The van der Waals surface area contributed by atoms with E-state index in [-0.39, 0.29) is 30.9 Å². The average molecular weight is 341 g/mol. The van der Waals surface area contributed by atoms with Crippen molar-refractivity contribution in [1.82, 2.24) is 10.2 Å². The molecule has 0 radical (unpaired) electrons. The highest BCUT2D eigenvalue weighted by Crippen LogP contribution is 2.25. The van der Waals surface area contributed by atoms with Gasteiger partial charge in [0, 0.05) is 10.0 Å². The van der Waals surface area contributed by atoms with Crippen molar-refractivity contribution in [3.63, 3.8) is 0 Å². The van der Waals surface area contributed by atoms with Gasteiger partial charge in [0.25, 0.3) is 0 Å². The van der Waals surface area contributed by atoms with Crippen LogP contribution in [0.3, 0.4) is 0 Å². The number of amides is 2. The maximum Gasteiger partial charge on any atom is 0.246 e. The number of imide groups is 1. The molecule has 2 amide bonds. The van der Waals surface area contributed by atoms with Crippen molar-refractivity contribution in [3.05, 3.63) is 28.2 Å². The molecule has 1 aliphatic rings. The lowest BCUT2D eigenvalue weighted by molar-refractivity contribution is -0.150. The Balaban J connectivity index is 2.25. The quantitative estimate of drug-likeness (QED) is 0.847. The second-order valence-corrected chi connectivity index (χ2v) is 5.53. The van der Waals surface area contributed by atoms with Gasteiger partial charge in [0.1, 0.15) is 5.75 Å². The van der Waals surface area contributed by atoms with Crippen molar-refractivity contribution in [3.8, 4) is 5.75 Å². The minimum atomic E-state index is -0.286. The Morgan fingerprint density at radius 1 is 1.45 bits per heavy atom. The van der Waals surface area contributed by atoms with Crippen LogP contribution >= 0.6 is 15.9 Å². The van der Waals surface area contributed by atoms with Crippen LogP contribution in [0, 0.1) is 0 Å². The summed E-state index contributed by atoms with van der Waals surface area (Å²) in [6.07, 6.45) is 0.665. The number of halogens is 1. The molecule has 1 unspecified atom stereocenters. The SMILES string of the molecule is CCC1NCC(=O)N(Cc2cc(Br)ccc2OC)C1=O. The van der Waals surface area contributed by atoms with E-state index < -0.39 is 0 Å². The summed E-state index contributed by atoms with van der Waals surface area (Å²) in [5, 5.41) is 2.94. The zero-order valence-corrected chi connectivity index (χ0v) is 13.1. The number of nitrogens with one attached hydrogen (secondary N) is 1. The number of nitrogens with zero attached hydrogens (tertiary/aromatic N) is 1. The number of hydrogen-bond acceptors (Lipinski definition) is 4. The van der Waals surface area contributed by atoms with Crippen LogP contribution < -0.4 is 10.1 Å². The normalized spacial score (nSPS) is 19.4. The minimum absolute atomic E-state index is 0.175. The molecule has 6 heteroatoms. The zero-order valence-electron chi connectivity index (χ0n) is 11.5. The first kappa shape index (κ1) is 15.0. The van der Waals surface area contributed by atoms with Crippen molar-refractivity contribution in [2.75, 3.05) is 13.7 Å². The highest BCUT2D eigenvalue weighted by atomic mass is 79.9. The van der Waals surface area contributed by atoms with Gasteiger partial charge in [0.15, 0.2) is 0 Å². The van der Waals surface area contributed by atoms with E-state index in [0.29, 0.717) is 12.2 Å². The van der Waals surface area contributed by atoms with Gasteiger partial charge in [-0.1, -0.05) is 22.9 Å². The first-order chi connectivity index (χ1) is 9.56. The lowest BCUT2D eigenvalue weighted by atomic mass is 10.1. The summed E-state index contributed by atoms with van der Waals surface area (Å²) >= 11 is 3.39. The molecule has 1 aromatic carbocycles. The first-order valence-corrected chi connectivity index (χ1v) is 7.26. The van der Waals surface area contributed by atoms with E-state index >= 15 is 0 Å². The molecule has 0 saturated carbocycles. The maximum atomic E-state index is 12.2. The van der Waals surface area contributed by atoms with Crippen LogP contribution in [-0.4, -0.2) is 36.4 Å². The van der Waals surface area contributed by atoms with E-state index in [1.165, 1.54) is 4.90 Å². The topological polar surface area (TPSA) is 58.6 Å². The summed E-state index contributed by atoms with van der Waals surface area (Å²) in [4.78, 5) is 25.5. The third kappa shape index (κ3) is 3.02. The highest BCUT2D eigenvalue weighted by molar-refractivity contribution is 9.10. The van der Waals surface area contributed by atoms with Crippen LogP contribution in [0.15, 0.2) is 22.7 Å². The summed E-state index contributed by atoms with van der Waals surface area (Å²) in [5.41, 5.74) is 0.806.